The fraction of sp³-hybridized carbons (Fsp3) is 0.0769. The molecule has 0 aliphatic rings. The Balaban J connectivity index is 2.58. The Labute approximate surface area is 92.0 Å². The van der Waals surface area contributed by atoms with Gasteiger partial charge in [0.15, 0.2) is 0 Å². The van der Waals surface area contributed by atoms with Crippen LogP contribution < -0.4 is 0 Å². The van der Waals surface area contributed by atoms with Crippen LogP contribution in [0.1, 0.15) is 5.56 Å². The summed E-state index contributed by atoms with van der Waals surface area (Å²) in [4.78, 5) is 0. The Hall–Kier alpha value is -1.90. The highest BCUT2D eigenvalue weighted by Crippen LogP contribution is 2.30. The van der Waals surface area contributed by atoms with Crippen LogP contribution in [0.25, 0.3) is 11.1 Å². The average Bonchev–Trinajstić information content (AvgIpc) is 2.26. The van der Waals surface area contributed by atoms with E-state index in [1.165, 1.54) is 30.3 Å². The molecule has 0 atom stereocenters. The van der Waals surface area contributed by atoms with Gasteiger partial charge >= 0.3 is 0 Å². The lowest BCUT2D eigenvalue weighted by Crippen LogP contribution is -1.86. The van der Waals surface area contributed by atoms with Crippen LogP contribution >= 0.6 is 0 Å². The van der Waals surface area contributed by atoms with E-state index in [-0.39, 0.29) is 11.6 Å². The second-order valence-corrected chi connectivity index (χ2v) is 3.63. The van der Waals surface area contributed by atoms with Gasteiger partial charge in [-0.2, -0.15) is 0 Å². The van der Waals surface area contributed by atoms with Crippen molar-refractivity contribution in [3.05, 3.63) is 53.6 Å². The van der Waals surface area contributed by atoms with Gasteiger partial charge in [-0.05, 0) is 48.4 Å². The first-order chi connectivity index (χ1) is 7.58. The van der Waals surface area contributed by atoms with Crippen LogP contribution in [0.2, 0.25) is 0 Å². The highest BCUT2D eigenvalue weighted by Gasteiger charge is 2.07. The largest absolute Gasteiger partial charge is 0.507 e. The Morgan fingerprint density at radius 2 is 1.75 bits per heavy atom. The molecule has 0 aliphatic heterocycles. The quantitative estimate of drug-likeness (QED) is 0.777. The highest BCUT2D eigenvalue weighted by molar-refractivity contribution is 5.70. The molecule has 82 valence electrons. The van der Waals surface area contributed by atoms with Crippen LogP contribution in [0.3, 0.4) is 0 Å². The summed E-state index contributed by atoms with van der Waals surface area (Å²) in [6.45, 7) is 1.62. The monoisotopic (exact) mass is 220 g/mol. The molecule has 0 saturated heterocycles. The summed E-state index contributed by atoms with van der Waals surface area (Å²) in [5.74, 6) is -0.776. The maximum absolute atomic E-state index is 13.1. The van der Waals surface area contributed by atoms with Crippen LogP contribution in [-0.2, 0) is 0 Å². The molecule has 0 bridgehead atoms. The molecule has 1 N–H and O–H groups in total. The minimum atomic E-state index is -0.435. The summed E-state index contributed by atoms with van der Waals surface area (Å²) < 4.78 is 26.1. The summed E-state index contributed by atoms with van der Waals surface area (Å²) in [6, 6.07) is 8.07. The molecule has 0 aromatic heterocycles. The van der Waals surface area contributed by atoms with Gasteiger partial charge in [-0.1, -0.05) is 6.07 Å². The zero-order valence-electron chi connectivity index (χ0n) is 8.67. The fourth-order valence-electron chi connectivity index (χ4n) is 1.55. The third-order valence-electron chi connectivity index (χ3n) is 2.43. The van der Waals surface area contributed by atoms with E-state index < -0.39 is 5.82 Å². The predicted octanol–water partition coefficient (Wildman–Crippen LogP) is 3.65. The first-order valence-electron chi connectivity index (χ1n) is 4.83. The molecule has 0 heterocycles. The third-order valence-corrected chi connectivity index (χ3v) is 2.43. The van der Waals surface area contributed by atoms with E-state index in [4.69, 9.17) is 0 Å². The standard InChI is InChI=1S/C13H10F2O/c1-8-6-9(2-4-12(8)15)11-7-10(14)3-5-13(11)16/h2-7,16H,1H3. The van der Waals surface area contributed by atoms with Crippen molar-refractivity contribution < 1.29 is 13.9 Å². The van der Waals surface area contributed by atoms with E-state index in [1.807, 2.05) is 0 Å². The van der Waals surface area contributed by atoms with Crippen molar-refractivity contribution in [2.45, 2.75) is 6.92 Å². The number of phenolic OH excluding ortho intramolecular Hbond substituents is 1. The van der Waals surface area contributed by atoms with Crippen LogP contribution in [-0.4, -0.2) is 5.11 Å². The fourth-order valence-corrected chi connectivity index (χ4v) is 1.55. The van der Waals surface area contributed by atoms with Crippen molar-refractivity contribution >= 4 is 0 Å². The lowest BCUT2D eigenvalue weighted by molar-refractivity contribution is 0.475. The molecule has 2 aromatic carbocycles. The van der Waals surface area contributed by atoms with Crippen LogP contribution in [0.5, 0.6) is 5.75 Å². The summed E-state index contributed by atoms with van der Waals surface area (Å²) in [5.41, 5.74) is 1.42. The van der Waals surface area contributed by atoms with Gasteiger partial charge in [0, 0.05) is 5.56 Å². The van der Waals surface area contributed by atoms with Crippen molar-refractivity contribution in [3.63, 3.8) is 0 Å². The Morgan fingerprint density at radius 3 is 2.44 bits per heavy atom. The summed E-state index contributed by atoms with van der Waals surface area (Å²) >= 11 is 0. The highest BCUT2D eigenvalue weighted by atomic mass is 19.1. The third kappa shape index (κ3) is 1.89. The minimum absolute atomic E-state index is 0.0209. The van der Waals surface area contributed by atoms with Crippen LogP contribution in [0.15, 0.2) is 36.4 Å². The summed E-state index contributed by atoms with van der Waals surface area (Å²) in [6.07, 6.45) is 0. The van der Waals surface area contributed by atoms with E-state index in [0.29, 0.717) is 16.7 Å². The van der Waals surface area contributed by atoms with Gasteiger partial charge in [-0.15, -0.1) is 0 Å². The first-order valence-corrected chi connectivity index (χ1v) is 4.83. The average molecular weight is 220 g/mol. The number of rotatable bonds is 1. The van der Waals surface area contributed by atoms with Crippen LogP contribution in [0, 0.1) is 18.6 Å². The molecule has 0 fully saturated rings. The molecular formula is C13H10F2O. The van der Waals surface area contributed by atoms with Gasteiger partial charge in [-0.3, -0.25) is 0 Å². The van der Waals surface area contributed by atoms with E-state index in [1.54, 1.807) is 13.0 Å². The number of hydrogen-bond donors (Lipinski definition) is 1. The molecule has 3 heteroatoms. The molecule has 0 unspecified atom stereocenters. The Morgan fingerprint density at radius 1 is 1.00 bits per heavy atom. The van der Waals surface area contributed by atoms with Crippen molar-refractivity contribution in [3.8, 4) is 16.9 Å². The van der Waals surface area contributed by atoms with Gasteiger partial charge in [0.05, 0.1) is 0 Å². The number of halogens is 2. The zero-order valence-corrected chi connectivity index (χ0v) is 8.67. The number of benzene rings is 2. The first kappa shape index (κ1) is 10.6. The molecule has 0 aliphatic carbocycles. The molecule has 2 aromatic rings. The molecule has 2 rings (SSSR count). The number of aromatic hydroxyl groups is 1. The topological polar surface area (TPSA) is 20.2 Å². The summed E-state index contributed by atoms with van der Waals surface area (Å²) in [7, 11) is 0. The zero-order chi connectivity index (χ0) is 11.7. The molecule has 0 radical (unpaired) electrons. The van der Waals surface area contributed by atoms with E-state index in [9.17, 15) is 13.9 Å². The van der Waals surface area contributed by atoms with Gasteiger partial charge in [0.25, 0.3) is 0 Å². The van der Waals surface area contributed by atoms with Gasteiger partial charge < -0.3 is 5.11 Å². The van der Waals surface area contributed by atoms with Gasteiger partial charge in [0.1, 0.15) is 17.4 Å². The Bertz CT molecular complexity index is 535. The number of hydrogen-bond acceptors (Lipinski definition) is 1. The second kappa shape index (κ2) is 3.93. The molecular weight excluding hydrogens is 210 g/mol. The SMILES string of the molecule is Cc1cc(-c2cc(F)ccc2O)ccc1F. The van der Waals surface area contributed by atoms with Crippen molar-refractivity contribution in [1.29, 1.82) is 0 Å². The Kier molecular flexibility index (Phi) is 2.60. The van der Waals surface area contributed by atoms with Crippen molar-refractivity contribution in [2.24, 2.45) is 0 Å². The minimum Gasteiger partial charge on any atom is -0.507 e. The molecule has 16 heavy (non-hydrogen) atoms. The molecule has 0 spiro atoms. The van der Waals surface area contributed by atoms with E-state index in [2.05, 4.69) is 0 Å². The van der Waals surface area contributed by atoms with Gasteiger partial charge in [-0.25, -0.2) is 8.78 Å². The maximum atomic E-state index is 13.1. The lowest BCUT2D eigenvalue weighted by Gasteiger charge is -2.06. The maximum Gasteiger partial charge on any atom is 0.126 e. The smallest absolute Gasteiger partial charge is 0.126 e. The normalized spacial score (nSPS) is 10.4. The van der Waals surface area contributed by atoms with E-state index in [0.717, 1.165) is 0 Å². The van der Waals surface area contributed by atoms with Crippen molar-refractivity contribution in [2.75, 3.05) is 0 Å². The number of aryl methyl sites for hydroxylation is 1. The van der Waals surface area contributed by atoms with E-state index >= 15 is 0 Å². The van der Waals surface area contributed by atoms with Crippen molar-refractivity contribution in [1.82, 2.24) is 0 Å². The summed E-state index contributed by atoms with van der Waals surface area (Å²) in [5, 5.41) is 9.59. The second-order valence-electron chi connectivity index (χ2n) is 3.63. The predicted molar refractivity (Wildman–Crippen MR) is 58.2 cm³/mol. The number of phenols is 1. The van der Waals surface area contributed by atoms with Crippen LogP contribution in [0.4, 0.5) is 8.78 Å². The molecule has 0 saturated carbocycles. The lowest BCUT2D eigenvalue weighted by atomic mass is 10.0. The molecule has 0 amide bonds. The molecule has 1 nitrogen and oxygen atoms in total. The van der Waals surface area contributed by atoms with Gasteiger partial charge in [0.2, 0.25) is 0 Å².